The van der Waals surface area contributed by atoms with Gasteiger partial charge in [0.2, 0.25) is 9.87 Å². The number of halogens is 1. The molecule has 186 valence electrons. The highest BCUT2D eigenvalue weighted by Gasteiger charge is 2.29. The van der Waals surface area contributed by atoms with Gasteiger partial charge in [0.25, 0.3) is 10.0 Å². The van der Waals surface area contributed by atoms with Crippen LogP contribution in [0.4, 0.5) is 10.8 Å². The van der Waals surface area contributed by atoms with Crippen LogP contribution in [0.2, 0.25) is 0 Å². The molecule has 12 heteroatoms. The molecule has 0 amide bonds. The second-order valence-electron chi connectivity index (χ2n) is 7.48. The molecular weight excluding hydrogens is 568 g/mol. The molecule has 0 fully saturated rings. The molecule has 0 unspecified atom stereocenters. The van der Waals surface area contributed by atoms with E-state index in [1.165, 1.54) is 18.2 Å². The van der Waals surface area contributed by atoms with E-state index in [9.17, 15) is 13.2 Å². The fraction of sp³-hybridized carbons (Fsp3) is 0.125. The van der Waals surface area contributed by atoms with E-state index in [2.05, 4.69) is 25.3 Å². The van der Waals surface area contributed by atoms with Crippen LogP contribution in [0.3, 0.4) is 0 Å². The molecule has 0 saturated heterocycles. The highest BCUT2D eigenvalue weighted by molar-refractivity contribution is 9.10. The maximum Gasteiger partial charge on any atom is 0.266 e. The number of nitrogen functional groups attached to an aromatic ring is 1. The van der Waals surface area contributed by atoms with Crippen molar-refractivity contribution in [1.29, 1.82) is 0 Å². The van der Waals surface area contributed by atoms with Gasteiger partial charge in [-0.3, -0.25) is 4.79 Å². The summed E-state index contributed by atoms with van der Waals surface area (Å²) >= 11 is 4.12. The van der Waals surface area contributed by atoms with Gasteiger partial charge in [0.15, 0.2) is 12.4 Å². The molecule has 0 aliphatic heterocycles. The molecule has 2 N–H and O–H groups in total. The standard InChI is InChI=1S/C24H21BrN4O5S2/c1-33-18-9-7-16(8-10-18)14-29(24-27-23(25)28-35-24)36(31,32)19-11-12-20(26)22(13-19)34-15-21(30)17-5-3-2-4-6-17/h2-13H,14-15,26H2,1H3. The van der Waals surface area contributed by atoms with Crippen LogP contribution in [0.5, 0.6) is 11.5 Å². The van der Waals surface area contributed by atoms with Gasteiger partial charge in [0.1, 0.15) is 11.5 Å². The number of nitrogens with two attached hydrogens (primary N) is 1. The van der Waals surface area contributed by atoms with E-state index in [1.54, 1.807) is 61.7 Å². The van der Waals surface area contributed by atoms with Crippen LogP contribution in [-0.2, 0) is 16.6 Å². The number of ether oxygens (including phenoxy) is 2. The van der Waals surface area contributed by atoms with Crippen molar-refractivity contribution in [2.75, 3.05) is 23.8 Å². The maximum atomic E-state index is 13.8. The van der Waals surface area contributed by atoms with Crippen molar-refractivity contribution in [3.05, 3.63) is 88.7 Å². The predicted molar refractivity (Wildman–Crippen MR) is 141 cm³/mol. The van der Waals surface area contributed by atoms with Crippen molar-refractivity contribution in [3.8, 4) is 11.5 Å². The van der Waals surface area contributed by atoms with Crippen LogP contribution in [0.25, 0.3) is 0 Å². The second-order valence-corrected chi connectivity index (χ2v) is 10.8. The third kappa shape index (κ3) is 5.83. The topological polar surface area (TPSA) is 125 Å². The summed E-state index contributed by atoms with van der Waals surface area (Å²) in [5.41, 5.74) is 7.41. The number of carbonyl (C=O) groups is 1. The number of ketones is 1. The number of Topliss-reactive ketones (excluding diaryl/α,β-unsaturated/α-hetero) is 1. The zero-order valence-corrected chi connectivity index (χ0v) is 22.2. The average molecular weight is 589 g/mol. The van der Waals surface area contributed by atoms with Crippen molar-refractivity contribution >= 4 is 54.1 Å². The molecule has 0 radical (unpaired) electrons. The highest BCUT2D eigenvalue weighted by Crippen LogP contribution is 2.32. The van der Waals surface area contributed by atoms with Gasteiger partial charge in [0.05, 0.1) is 24.2 Å². The number of hydrogen-bond donors (Lipinski definition) is 1. The normalized spacial score (nSPS) is 11.2. The summed E-state index contributed by atoms with van der Waals surface area (Å²) in [7, 11) is -2.56. The Balaban J connectivity index is 1.63. The first-order valence-electron chi connectivity index (χ1n) is 10.5. The van der Waals surface area contributed by atoms with Gasteiger partial charge in [-0.25, -0.2) is 12.7 Å². The molecule has 0 saturated carbocycles. The molecule has 3 aromatic carbocycles. The summed E-state index contributed by atoms with van der Waals surface area (Å²) in [5, 5.41) is 0.177. The summed E-state index contributed by atoms with van der Waals surface area (Å²) in [6.45, 7) is -0.294. The SMILES string of the molecule is COc1ccc(CN(c2nc(Br)ns2)S(=O)(=O)c2ccc(N)c(OCC(=O)c3ccccc3)c2)cc1. The van der Waals surface area contributed by atoms with Gasteiger partial charge in [-0.05, 0) is 45.8 Å². The minimum atomic E-state index is -4.12. The Morgan fingerprint density at radius 3 is 2.44 bits per heavy atom. The van der Waals surface area contributed by atoms with Crippen LogP contribution in [-0.4, -0.2) is 37.3 Å². The van der Waals surface area contributed by atoms with E-state index >= 15 is 0 Å². The third-order valence-electron chi connectivity index (χ3n) is 5.12. The largest absolute Gasteiger partial charge is 0.497 e. The highest BCUT2D eigenvalue weighted by atomic mass is 79.9. The molecule has 0 aliphatic carbocycles. The minimum absolute atomic E-state index is 0.00101. The Kier molecular flexibility index (Phi) is 7.87. The van der Waals surface area contributed by atoms with Crippen LogP contribution in [0.1, 0.15) is 15.9 Å². The summed E-state index contributed by atoms with van der Waals surface area (Å²) in [4.78, 5) is 16.6. The number of nitrogens with zero attached hydrogens (tertiary/aromatic N) is 3. The van der Waals surface area contributed by atoms with Crippen molar-refractivity contribution < 1.29 is 22.7 Å². The van der Waals surface area contributed by atoms with Crippen molar-refractivity contribution in [3.63, 3.8) is 0 Å². The lowest BCUT2D eigenvalue weighted by atomic mass is 10.1. The molecule has 4 aromatic rings. The molecule has 36 heavy (non-hydrogen) atoms. The maximum absolute atomic E-state index is 13.8. The van der Waals surface area contributed by atoms with Crippen LogP contribution < -0.4 is 19.5 Å². The van der Waals surface area contributed by atoms with Crippen LogP contribution in [0, 0.1) is 0 Å². The molecule has 4 rings (SSSR count). The van der Waals surface area contributed by atoms with Gasteiger partial charge in [-0.1, -0.05) is 42.5 Å². The second kappa shape index (κ2) is 11.1. The lowest BCUT2D eigenvalue weighted by Crippen LogP contribution is -2.30. The molecule has 0 bridgehead atoms. The molecule has 0 atom stereocenters. The first-order chi connectivity index (χ1) is 17.3. The monoisotopic (exact) mass is 588 g/mol. The fourth-order valence-electron chi connectivity index (χ4n) is 3.23. The molecule has 0 spiro atoms. The van der Waals surface area contributed by atoms with Gasteiger partial charge < -0.3 is 15.2 Å². The fourth-order valence-corrected chi connectivity index (χ4v) is 5.92. The van der Waals surface area contributed by atoms with Crippen LogP contribution >= 0.6 is 27.5 Å². The van der Waals surface area contributed by atoms with Gasteiger partial charge >= 0.3 is 0 Å². The smallest absolute Gasteiger partial charge is 0.266 e. The number of benzene rings is 3. The number of aromatic nitrogens is 2. The Morgan fingerprint density at radius 2 is 1.81 bits per heavy atom. The third-order valence-corrected chi connectivity index (χ3v) is 8.29. The van der Waals surface area contributed by atoms with E-state index in [-0.39, 0.29) is 45.1 Å². The van der Waals surface area contributed by atoms with E-state index in [0.717, 1.165) is 15.8 Å². The number of anilines is 2. The summed E-state index contributed by atoms with van der Waals surface area (Å²) in [6, 6.07) is 19.8. The van der Waals surface area contributed by atoms with Crippen LogP contribution in [0.15, 0.2) is 82.4 Å². The van der Waals surface area contributed by atoms with E-state index in [0.29, 0.717) is 16.9 Å². The van der Waals surface area contributed by atoms with Gasteiger partial charge in [-0.15, -0.1) is 0 Å². The van der Waals surface area contributed by atoms with Gasteiger partial charge in [-0.2, -0.15) is 9.36 Å². The Labute approximate surface area is 220 Å². The Morgan fingerprint density at radius 1 is 1.08 bits per heavy atom. The number of carbonyl (C=O) groups excluding carboxylic acids is 1. The number of sulfonamides is 1. The summed E-state index contributed by atoms with van der Waals surface area (Å²) in [5.74, 6) is 0.475. The lowest BCUT2D eigenvalue weighted by molar-refractivity contribution is 0.0922. The zero-order chi connectivity index (χ0) is 25.7. The van der Waals surface area contributed by atoms with Crippen molar-refractivity contribution in [1.82, 2.24) is 9.36 Å². The molecule has 1 heterocycles. The van der Waals surface area contributed by atoms with E-state index < -0.39 is 10.0 Å². The Hall–Kier alpha value is -3.48. The Bertz CT molecular complexity index is 1460. The predicted octanol–water partition coefficient (Wildman–Crippen LogP) is 4.55. The van der Waals surface area contributed by atoms with E-state index in [1.807, 2.05) is 0 Å². The number of methoxy groups -OCH3 is 1. The average Bonchev–Trinajstić information content (AvgIpc) is 3.32. The van der Waals surface area contributed by atoms with E-state index in [4.69, 9.17) is 15.2 Å². The first-order valence-corrected chi connectivity index (χ1v) is 13.5. The van der Waals surface area contributed by atoms with Gasteiger partial charge in [0, 0.05) is 23.2 Å². The molecule has 9 nitrogen and oxygen atoms in total. The number of hydrogen-bond acceptors (Lipinski definition) is 9. The zero-order valence-electron chi connectivity index (χ0n) is 19.0. The minimum Gasteiger partial charge on any atom is -0.497 e. The lowest BCUT2D eigenvalue weighted by Gasteiger charge is -2.22. The quantitative estimate of drug-likeness (QED) is 0.211. The summed E-state index contributed by atoms with van der Waals surface area (Å²) in [6.07, 6.45) is 0. The molecular formula is C24H21BrN4O5S2. The molecule has 0 aliphatic rings. The van der Waals surface area contributed by atoms with Crippen molar-refractivity contribution in [2.24, 2.45) is 0 Å². The van der Waals surface area contributed by atoms with Crippen molar-refractivity contribution in [2.45, 2.75) is 11.4 Å². The molecule has 1 aromatic heterocycles. The summed E-state index contributed by atoms with van der Waals surface area (Å²) < 4.78 is 43.8. The first kappa shape index (κ1) is 25.6. The number of rotatable bonds is 10.